The Labute approximate surface area is 98.6 Å². The number of carbonyl (C=O) groups excluding carboxylic acids is 1. The summed E-state index contributed by atoms with van der Waals surface area (Å²) in [6.07, 6.45) is 2.26. The lowest BCUT2D eigenvalue weighted by Crippen LogP contribution is -2.53. The number of rotatable bonds is 3. The van der Waals surface area contributed by atoms with Crippen molar-refractivity contribution in [2.24, 2.45) is 5.73 Å². The van der Waals surface area contributed by atoms with Crippen molar-refractivity contribution in [3.05, 3.63) is 0 Å². The standard InChI is InChI=1S/C12H25N3O/c1-9(11(16)14-12(2,3)4)15-7-5-6-10(15)8-13/h9-10H,5-8,13H2,1-4H3,(H,14,16). The van der Waals surface area contributed by atoms with Gasteiger partial charge in [0.25, 0.3) is 0 Å². The number of amides is 1. The zero-order chi connectivity index (χ0) is 12.3. The highest BCUT2D eigenvalue weighted by Gasteiger charge is 2.32. The molecule has 0 spiro atoms. The van der Waals surface area contributed by atoms with Gasteiger partial charge in [-0.3, -0.25) is 9.69 Å². The van der Waals surface area contributed by atoms with Crippen LogP contribution in [0.25, 0.3) is 0 Å². The number of likely N-dealkylation sites (tertiary alicyclic amines) is 1. The summed E-state index contributed by atoms with van der Waals surface area (Å²) >= 11 is 0. The first-order valence-corrected chi connectivity index (χ1v) is 6.13. The lowest BCUT2D eigenvalue weighted by atomic mass is 10.1. The first kappa shape index (κ1) is 13.5. The third kappa shape index (κ3) is 3.46. The molecule has 1 heterocycles. The van der Waals surface area contributed by atoms with Crippen LogP contribution in [0.4, 0.5) is 0 Å². The Kier molecular flexibility index (Phi) is 4.33. The van der Waals surface area contributed by atoms with Gasteiger partial charge in [0.15, 0.2) is 0 Å². The summed E-state index contributed by atoms with van der Waals surface area (Å²) < 4.78 is 0. The molecule has 4 nitrogen and oxygen atoms in total. The van der Waals surface area contributed by atoms with E-state index >= 15 is 0 Å². The summed E-state index contributed by atoms with van der Waals surface area (Å²) in [5.41, 5.74) is 5.55. The lowest BCUT2D eigenvalue weighted by molar-refractivity contribution is -0.127. The predicted molar refractivity (Wildman–Crippen MR) is 66.1 cm³/mol. The van der Waals surface area contributed by atoms with Gasteiger partial charge in [-0.05, 0) is 47.1 Å². The van der Waals surface area contributed by atoms with Crippen molar-refractivity contribution in [2.75, 3.05) is 13.1 Å². The summed E-state index contributed by atoms with van der Waals surface area (Å²) in [6, 6.07) is 0.302. The molecule has 2 unspecified atom stereocenters. The Balaban J connectivity index is 2.56. The largest absolute Gasteiger partial charge is 0.350 e. The molecule has 1 rings (SSSR count). The van der Waals surface area contributed by atoms with E-state index in [1.807, 2.05) is 27.7 Å². The number of nitrogens with two attached hydrogens (primary N) is 1. The molecular formula is C12H25N3O. The fourth-order valence-corrected chi connectivity index (χ4v) is 2.25. The van der Waals surface area contributed by atoms with Crippen LogP contribution >= 0.6 is 0 Å². The van der Waals surface area contributed by atoms with Crippen molar-refractivity contribution in [1.29, 1.82) is 0 Å². The van der Waals surface area contributed by atoms with Crippen molar-refractivity contribution in [2.45, 2.75) is 58.2 Å². The lowest BCUT2D eigenvalue weighted by Gasteiger charge is -2.31. The maximum absolute atomic E-state index is 12.0. The van der Waals surface area contributed by atoms with Gasteiger partial charge in [0.05, 0.1) is 6.04 Å². The third-order valence-electron chi connectivity index (χ3n) is 3.07. The Morgan fingerprint density at radius 3 is 2.69 bits per heavy atom. The minimum Gasteiger partial charge on any atom is -0.350 e. The van der Waals surface area contributed by atoms with Gasteiger partial charge in [-0.1, -0.05) is 0 Å². The molecular weight excluding hydrogens is 202 g/mol. The van der Waals surface area contributed by atoms with Crippen molar-refractivity contribution in [3.8, 4) is 0 Å². The molecule has 2 atom stereocenters. The van der Waals surface area contributed by atoms with Crippen LogP contribution < -0.4 is 11.1 Å². The van der Waals surface area contributed by atoms with E-state index in [0.29, 0.717) is 12.6 Å². The quantitative estimate of drug-likeness (QED) is 0.746. The van der Waals surface area contributed by atoms with Crippen molar-refractivity contribution in [3.63, 3.8) is 0 Å². The van der Waals surface area contributed by atoms with E-state index in [0.717, 1.165) is 19.4 Å². The van der Waals surface area contributed by atoms with E-state index in [9.17, 15) is 4.79 Å². The van der Waals surface area contributed by atoms with E-state index in [1.165, 1.54) is 0 Å². The van der Waals surface area contributed by atoms with Crippen molar-refractivity contribution < 1.29 is 4.79 Å². The highest BCUT2D eigenvalue weighted by molar-refractivity contribution is 5.82. The van der Waals surface area contributed by atoms with Gasteiger partial charge < -0.3 is 11.1 Å². The van der Waals surface area contributed by atoms with Crippen LogP contribution in [0, 0.1) is 0 Å². The Bertz CT molecular complexity index is 247. The predicted octanol–water partition coefficient (Wildman–Crippen LogP) is 0.713. The van der Waals surface area contributed by atoms with E-state index in [-0.39, 0.29) is 17.5 Å². The number of nitrogens with zero attached hydrogens (tertiary/aromatic N) is 1. The number of hydrogen-bond acceptors (Lipinski definition) is 3. The first-order chi connectivity index (χ1) is 7.35. The average Bonchev–Trinajstić information content (AvgIpc) is 2.61. The molecule has 0 aromatic rings. The highest BCUT2D eigenvalue weighted by atomic mass is 16.2. The van der Waals surface area contributed by atoms with E-state index < -0.39 is 0 Å². The maximum Gasteiger partial charge on any atom is 0.237 e. The molecule has 1 fully saturated rings. The van der Waals surface area contributed by atoms with E-state index in [1.54, 1.807) is 0 Å². The second-order valence-corrected chi connectivity index (χ2v) is 5.68. The summed E-state index contributed by atoms with van der Waals surface area (Å²) in [6.45, 7) is 9.61. The molecule has 94 valence electrons. The zero-order valence-corrected chi connectivity index (χ0v) is 10.9. The molecule has 16 heavy (non-hydrogen) atoms. The smallest absolute Gasteiger partial charge is 0.237 e. The molecule has 3 N–H and O–H groups in total. The van der Waals surface area contributed by atoms with Crippen LogP contribution in [-0.2, 0) is 4.79 Å². The SMILES string of the molecule is CC(C(=O)NC(C)(C)C)N1CCCC1CN. The third-order valence-corrected chi connectivity index (χ3v) is 3.07. The maximum atomic E-state index is 12.0. The molecule has 0 aromatic carbocycles. The average molecular weight is 227 g/mol. The van der Waals surface area contributed by atoms with Gasteiger partial charge in [0.2, 0.25) is 5.91 Å². The minimum atomic E-state index is -0.163. The normalized spacial score (nSPS) is 24.4. The molecule has 0 radical (unpaired) electrons. The van der Waals surface area contributed by atoms with Gasteiger partial charge in [-0.15, -0.1) is 0 Å². The number of hydrogen-bond donors (Lipinski definition) is 2. The molecule has 1 aliphatic rings. The molecule has 1 saturated heterocycles. The zero-order valence-electron chi connectivity index (χ0n) is 10.9. The van der Waals surface area contributed by atoms with Gasteiger partial charge in [0.1, 0.15) is 0 Å². The van der Waals surface area contributed by atoms with Crippen molar-refractivity contribution >= 4 is 5.91 Å². The molecule has 0 aliphatic carbocycles. The van der Waals surface area contributed by atoms with Crippen LogP contribution in [0.5, 0.6) is 0 Å². The molecule has 1 amide bonds. The van der Waals surface area contributed by atoms with Crippen LogP contribution in [0.1, 0.15) is 40.5 Å². The fourth-order valence-electron chi connectivity index (χ4n) is 2.25. The molecule has 1 aliphatic heterocycles. The topological polar surface area (TPSA) is 58.4 Å². The number of carbonyl (C=O) groups is 1. The first-order valence-electron chi connectivity index (χ1n) is 6.13. The molecule has 4 heteroatoms. The van der Waals surface area contributed by atoms with Crippen LogP contribution in [0.3, 0.4) is 0 Å². The van der Waals surface area contributed by atoms with Gasteiger partial charge >= 0.3 is 0 Å². The van der Waals surface area contributed by atoms with Gasteiger partial charge in [-0.25, -0.2) is 0 Å². The summed E-state index contributed by atoms with van der Waals surface area (Å²) in [5.74, 6) is 0.104. The molecule has 0 bridgehead atoms. The van der Waals surface area contributed by atoms with Crippen LogP contribution in [0.15, 0.2) is 0 Å². The van der Waals surface area contributed by atoms with Crippen LogP contribution in [0.2, 0.25) is 0 Å². The fraction of sp³-hybridized carbons (Fsp3) is 0.917. The van der Waals surface area contributed by atoms with E-state index in [4.69, 9.17) is 5.73 Å². The second-order valence-electron chi connectivity index (χ2n) is 5.68. The monoisotopic (exact) mass is 227 g/mol. The summed E-state index contributed by atoms with van der Waals surface area (Å²) in [7, 11) is 0. The number of nitrogens with one attached hydrogen (secondary N) is 1. The highest BCUT2D eigenvalue weighted by Crippen LogP contribution is 2.19. The Morgan fingerprint density at radius 1 is 1.56 bits per heavy atom. The van der Waals surface area contributed by atoms with Gasteiger partial charge in [0, 0.05) is 18.1 Å². The summed E-state index contributed by atoms with van der Waals surface area (Å²) in [5, 5.41) is 3.02. The Morgan fingerprint density at radius 2 is 2.19 bits per heavy atom. The van der Waals surface area contributed by atoms with E-state index in [2.05, 4.69) is 10.2 Å². The minimum absolute atomic E-state index is 0.0738. The second kappa shape index (κ2) is 5.15. The molecule has 0 saturated carbocycles. The van der Waals surface area contributed by atoms with Gasteiger partial charge in [-0.2, -0.15) is 0 Å². The summed E-state index contributed by atoms with van der Waals surface area (Å²) in [4.78, 5) is 14.2. The molecule has 0 aromatic heterocycles. The van der Waals surface area contributed by atoms with Crippen LogP contribution in [-0.4, -0.2) is 41.5 Å². The Hall–Kier alpha value is -0.610. The van der Waals surface area contributed by atoms with Crippen molar-refractivity contribution in [1.82, 2.24) is 10.2 Å².